The van der Waals surface area contributed by atoms with Gasteiger partial charge in [0.05, 0.1) is 27.9 Å². The van der Waals surface area contributed by atoms with Crippen LogP contribution in [0.1, 0.15) is 43.0 Å². The number of aromatic nitrogens is 2. The normalized spacial score (nSPS) is 15.2. The number of fused-ring (bicyclic) bond motifs is 4. The number of nitrogen functional groups attached to an aromatic ring is 1. The average molecular weight is 464 g/mol. The van der Waals surface area contributed by atoms with Gasteiger partial charge in [-0.1, -0.05) is 48.5 Å². The Morgan fingerprint density at radius 3 is 2.66 bits per heavy atom. The predicted molar refractivity (Wildman–Crippen MR) is 142 cm³/mol. The van der Waals surface area contributed by atoms with Crippen LogP contribution in [0.15, 0.2) is 70.9 Å². The van der Waals surface area contributed by atoms with E-state index in [1.54, 1.807) is 0 Å². The van der Waals surface area contributed by atoms with Gasteiger partial charge in [-0.25, -0.2) is 4.98 Å². The lowest BCUT2D eigenvalue weighted by atomic mass is 9.93. The van der Waals surface area contributed by atoms with Gasteiger partial charge in [0.15, 0.2) is 0 Å². The number of rotatable bonds is 6. The minimum absolute atomic E-state index is 0.0602. The van der Waals surface area contributed by atoms with Gasteiger partial charge in [-0.3, -0.25) is 9.79 Å². The van der Waals surface area contributed by atoms with E-state index >= 15 is 0 Å². The molecule has 0 saturated heterocycles. The first kappa shape index (κ1) is 21.6. The molecule has 0 saturated carbocycles. The third-order valence-corrected chi connectivity index (χ3v) is 7.21. The molecule has 1 aliphatic heterocycles. The second kappa shape index (κ2) is 8.69. The number of pyridine rings is 1. The van der Waals surface area contributed by atoms with E-state index in [9.17, 15) is 4.79 Å². The number of allylic oxidation sites excluding steroid dienone is 1. The van der Waals surface area contributed by atoms with Crippen molar-refractivity contribution in [2.45, 2.75) is 45.6 Å². The van der Waals surface area contributed by atoms with Crippen molar-refractivity contribution in [3.05, 3.63) is 82.7 Å². The van der Waals surface area contributed by atoms with Crippen LogP contribution in [0.5, 0.6) is 0 Å². The maximum absolute atomic E-state index is 12.9. The molecule has 3 N–H and O–H groups in total. The molecule has 0 spiro atoms. The lowest BCUT2D eigenvalue weighted by Crippen LogP contribution is -2.33. The number of carbonyl (C=O) groups excluding carboxylic acids is 1. The number of nitrogens with one attached hydrogen (secondary N) is 1. The van der Waals surface area contributed by atoms with Crippen molar-refractivity contribution in [3.63, 3.8) is 0 Å². The van der Waals surface area contributed by atoms with Gasteiger partial charge in [-0.15, -0.1) is 0 Å². The first-order chi connectivity index (χ1) is 17.1. The number of para-hydroxylation sites is 1. The Morgan fingerprint density at radius 2 is 1.83 bits per heavy atom. The zero-order valence-electron chi connectivity index (χ0n) is 20.0. The molecular formula is C29H29N5O. The summed E-state index contributed by atoms with van der Waals surface area (Å²) < 4.78 is 2.27. The van der Waals surface area contributed by atoms with Crippen molar-refractivity contribution in [1.29, 1.82) is 0 Å². The topological polar surface area (TPSA) is 85.3 Å². The summed E-state index contributed by atoms with van der Waals surface area (Å²) in [5, 5.41) is 5.33. The van der Waals surface area contributed by atoms with E-state index in [0.29, 0.717) is 12.1 Å². The van der Waals surface area contributed by atoms with Crippen molar-refractivity contribution in [1.82, 2.24) is 14.9 Å². The number of hydrogen-bond donors (Lipinski definition) is 2. The molecule has 0 radical (unpaired) electrons. The summed E-state index contributed by atoms with van der Waals surface area (Å²) in [6.45, 7) is 3.22. The highest BCUT2D eigenvalue weighted by Gasteiger charge is 2.27. The number of carbonyl (C=O) groups is 1. The number of anilines is 1. The van der Waals surface area contributed by atoms with E-state index < -0.39 is 0 Å². The summed E-state index contributed by atoms with van der Waals surface area (Å²) in [5.74, 6) is -0.0602. The summed E-state index contributed by atoms with van der Waals surface area (Å²) in [6.07, 6.45) is 5.14. The Bertz CT molecular complexity index is 1530. The highest BCUT2D eigenvalue weighted by Crippen LogP contribution is 2.37. The third-order valence-electron chi connectivity index (χ3n) is 7.21. The third kappa shape index (κ3) is 3.60. The van der Waals surface area contributed by atoms with Crippen molar-refractivity contribution in [2.24, 2.45) is 4.99 Å². The Morgan fingerprint density at radius 1 is 1.06 bits per heavy atom. The number of hydrogen-bond acceptors (Lipinski definition) is 4. The fourth-order valence-corrected chi connectivity index (χ4v) is 5.48. The second-order valence-corrected chi connectivity index (χ2v) is 9.42. The van der Waals surface area contributed by atoms with Crippen LogP contribution in [0.3, 0.4) is 0 Å². The highest BCUT2D eigenvalue weighted by atomic mass is 16.1. The number of nitrogens with two attached hydrogens (primary N) is 1. The Balaban J connectivity index is 1.21. The first-order valence-corrected chi connectivity index (χ1v) is 12.4. The highest BCUT2D eigenvalue weighted by molar-refractivity contribution is 6.31. The van der Waals surface area contributed by atoms with Crippen molar-refractivity contribution in [2.75, 3.05) is 12.3 Å². The van der Waals surface area contributed by atoms with E-state index in [1.807, 2.05) is 37.3 Å². The van der Waals surface area contributed by atoms with Crippen LogP contribution in [-0.2, 0) is 24.2 Å². The molecule has 6 rings (SSSR count). The molecule has 1 aliphatic carbocycles. The summed E-state index contributed by atoms with van der Waals surface area (Å²) >= 11 is 0. The van der Waals surface area contributed by atoms with Gasteiger partial charge < -0.3 is 15.6 Å². The van der Waals surface area contributed by atoms with Crippen LogP contribution < -0.4 is 11.1 Å². The van der Waals surface area contributed by atoms with Crippen molar-refractivity contribution >= 4 is 39.2 Å². The number of aryl methyl sites for hydroxylation is 2. The molecular weight excluding hydrogens is 434 g/mol. The second-order valence-electron chi connectivity index (χ2n) is 9.42. The molecule has 0 fully saturated rings. The van der Waals surface area contributed by atoms with Gasteiger partial charge in [0.1, 0.15) is 5.65 Å². The molecule has 3 heterocycles. The molecule has 0 bridgehead atoms. The van der Waals surface area contributed by atoms with E-state index in [0.717, 1.165) is 76.1 Å². The minimum atomic E-state index is -0.0602. The molecule has 2 aliphatic rings. The monoisotopic (exact) mass is 463 g/mol. The Kier molecular flexibility index (Phi) is 5.36. The standard InChI is InChI=1S/C29H29N5O/c1-18-24(27(32-18)19-10-3-2-4-11-19)29(35)31-16-9-17-34-23-15-8-6-13-21(23)25-26(30)20-12-5-7-14-22(20)33-28(25)34/h2-4,6,8,10-11,13,15H,5,7,9,12,14,16-17H2,1H3,(H2,30,33)(H,31,35). The first-order valence-electron chi connectivity index (χ1n) is 12.4. The van der Waals surface area contributed by atoms with Crippen LogP contribution >= 0.6 is 0 Å². The van der Waals surface area contributed by atoms with Crippen LogP contribution in [0.25, 0.3) is 21.9 Å². The molecule has 1 amide bonds. The van der Waals surface area contributed by atoms with E-state index in [4.69, 9.17) is 10.7 Å². The van der Waals surface area contributed by atoms with Gasteiger partial charge in [0.25, 0.3) is 5.91 Å². The van der Waals surface area contributed by atoms with E-state index in [-0.39, 0.29) is 5.91 Å². The largest absolute Gasteiger partial charge is 0.398 e. The molecule has 2 aromatic carbocycles. The zero-order valence-corrected chi connectivity index (χ0v) is 20.0. The molecule has 4 aromatic rings. The molecule has 6 heteroatoms. The summed E-state index contributed by atoms with van der Waals surface area (Å²) in [5.41, 5.74) is 15.3. The number of aliphatic imine (C=N–C) groups is 1. The van der Waals surface area contributed by atoms with Crippen LogP contribution in [0, 0.1) is 0 Å². The maximum atomic E-state index is 12.9. The van der Waals surface area contributed by atoms with Crippen LogP contribution in [-0.4, -0.2) is 27.7 Å². The molecule has 6 nitrogen and oxygen atoms in total. The number of nitrogens with zero attached hydrogens (tertiary/aromatic N) is 3. The van der Waals surface area contributed by atoms with Crippen LogP contribution in [0.4, 0.5) is 5.69 Å². The van der Waals surface area contributed by atoms with Gasteiger partial charge in [-0.05, 0) is 50.7 Å². The minimum Gasteiger partial charge on any atom is -0.398 e. The summed E-state index contributed by atoms with van der Waals surface area (Å²) in [6, 6.07) is 18.3. The SMILES string of the molecule is CC1=C(C(=O)NCCCn2c3ccccc3c3c(N)c4c(nc32)CCCC4)C(c2ccccc2)=N1. The Hall–Kier alpha value is -3.93. The molecule has 176 valence electrons. The molecule has 35 heavy (non-hydrogen) atoms. The van der Waals surface area contributed by atoms with Gasteiger partial charge in [-0.2, -0.15) is 0 Å². The number of amides is 1. The zero-order chi connectivity index (χ0) is 23.9. The number of benzene rings is 2. The fourth-order valence-electron chi connectivity index (χ4n) is 5.48. The molecule has 0 unspecified atom stereocenters. The lowest BCUT2D eigenvalue weighted by Gasteiger charge is -2.20. The smallest absolute Gasteiger partial charge is 0.255 e. The van der Waals surface area contributed by atoms with Crippen LogP contribution in [0.2, 0.25) is 0 Å². The quantitative estimate of drug-likeness (QED) is 0.398. The van der Waals surface area contributed by atoms with Gasteiger partial charge >= 0.3 is 0 Å². The van der Waals surface area contributed by atoms with Crippen molar-refractivity contribution < 1.29 is 4.79 Å². The summed E-state index contributed by atoms with van der Waals surface area (Å²) in [7, 11) is 0. The maximum Gasteiger partial charge on any atom is 0.255 e. The van der Waals surface area contributed by atoms with Crippen molar-refractivity contribution in [3.8, 4) is 0 Å². The predicted octanol–water partition coefficient (Wildman–Crippen LogP) is 4.93. The average Bonchev–Trinajstić information content (AvgIpc) is 3.19. The molecule has 2 aromatic heterocycles. The summed E-state index contributed by atoms with van der Waals surface area (Å²) in [4.78, 5) is 22.5. The fraction of sp³-hybridized carbons (Fsp3) is 0.276. The van der Waals surface area contributed by atoms with E-state index in [2.05, 4.69) is 39.1 Å². The molecule has 0 atom stereocenters. The van der Waals surface area contributed by atoms with E-state index in [1.165, 1.54) is 18.4 Å². The van der Waals surface area contributed by atoms with Gasteiger partial charge in [0.2, 0.25) is 0 Å². The Labute approximate surface area is 204 Å². The lowest BCUT2D eigenvalue weighted by molar-refractivity contribution is -0.117. The van der Waals surface area contributed by atoms with Gasteiger partial charge in [0, 0.05) is 35.4 Å².